The second-order valence-electron chi connectivity index (χ2n) is 7.51. The van der Waals surface area contributed by atoms with Crippen molar-refractivity contribution in [2.75, 3.05) is 13.1 Å². The highest BCUT2D eigenvalue weighted by molar-refractivity contribution is 5.78. The first kappa shape index (κ1) is 17.5. The number of nitrogens with two attached hydrogens (primary N) is 1. The summed E-state index contributed by atoms with van der Waals surface area (Å²) in [6, 6.07) is 0.299. The van der Waals surface area contributed by atoms with Gasteiger partial charge >= 0.3 is 0 Å². The zero-order valence-corrected chi connectivity index (χ0v) is 14.1. The Balaban J connectivity index is 2.66. The SMILES string of the molecule is CC(C)CN(CC(C)C)C(=O)C(C)C1CCCC(N)C1. The molecule has 0 aliphatic heterocycles. The molecule has 1 aliphatic rings. The van der Waals surface area contributed by atoms with E-state index in [-0.39, 0.29) is 5.92 Å². The molecule has 0 bridgehead atoms. The fourth-order valence-electron chi connectivity index (χ4n) is 3.35. The van der Waals surface area contributed by atoms with E-state index in [0.717, 1.165) is 32.4 Å². The van der Waals surface area contributed by atoms with Crippen molar-refractivity contribution < 1.29 is 4.79 Å². The Morgan fingerprint density at radius 1 is 1.10 bits per heavy atom. The maximum absolute atomic E-state index is 12.8. The molecule has 20 heavy (non-hydrogen) atoms. The summed E-state index contributed by atoms with van der Waals surface area (Å²) in [5, 5.41) is 0. The molecule has 0 aromatic heterocycles. The third kappa shape index (κ3) is 5.43. The van der Waals surface area contributed by atoms with Crippen molar-refractivity contribution in [3.8, 4) is 0 Å². The number of hydrogen-bond acceptors (Lipinski definition) is 2. The van der Waals surface area contributed by atoms with E-state index in [1.165, 1.54) is 6.42 Å². The highest BCUT2D eigenvalue weighted by atomic mass is 16.2. The minimum atomic E-state index is 0.124. The van der Waals surface area contributed by atoms with E-state index in [0.29, 0.717) is 29.7 Å². The molecular formula is C17H34N2O. The molecule has 0 spiro atoms. The Hall–Kier alpha value is -0.570. The zero-order chi connectivity index (χ0) is 15.3. The molecule has 3 unspecified atom stereocenters. The molecule has 1 aliphatic carbocycles. The van der Waals surface area contributed by atoms with Gasteiger partial charge in [0.1, 0.15) is 0 Å². The van der Waals surface area contributed by atoms with Crippen molar-refractivity contribution in [2.45, 2.75) is 66.3 Å². The normalized spacial score (nSPS) is 25.0. The van der Waals surface area contributed by atoms with Crippen LogP contribution in [-0.4, -0.2) is 29.9 Å². The maximum Gasteiger partial charge on any atom is 0.225 e. The van der Waals surface area contributed by atoms with Crippen LogP contribution in [0.5, 0.6) is 0 Å². The monoisotopic (exact) mass is 282 g/mol. The Morgan fingerprint density at radius 3 is 2.10 bits per heavy atom. The lowest BCUT2D eigenvalue weighted by atomic mass is 9.78. The quantitative estimate of drug-likeness (QED) is 0.812. The van der Waals surface area contributed by atoms with Gasteiger partial charge in [-0.05, 0) is 37.0 Å². The zero-order valence-electron chi connectivity index (χ0n) is 14.1. The molecule has 0 saturated heterocycles. The molecule has 0 aromatic rings. The van der Waals surface area contributed by atoms with Gasteiger partial charge in [0.2, 0.25) is 5.91 Å². The van der Waals surface area contributed by atoms with Crippen molar-refractivity contribution in [1.29, 1.82) is 0 Å². The van der Waals surface area contributed by atoms with Crippen LogP contribution >= 0.6 is 0 Å². The summed E-state index contributed by atoms with van der Waals surface area (Å²) in [5.41, 5.74) is 6.08. The van der Waals surface area contributed by atoms with Gasteiger partial charge in [-0.3, -0.25) is 4.79 Å². The number of hydrogen-bond donors (Lipinski definition) is 1. The summed E-state index contributed by atoms with van der Waals surface area (Å²) in [6.07, 6.45) is 4.48. The molecule has 0 heterocycles. The average molecular weight is 282 g/mol. The van der Waals surface area contributed by atoms with Crippen LogP contribution in [0.2, 0.25) is 0 Å². The molecule has 3 nitrogen and oxygen atoms in total. The minimum Gasteiger partial charge on any atom is -0.342 e. The second kappa shape index (κ2) is 8.02. The summed E-state index contributed by atoms with van der Waals surface area (Å²) in [7, 11) is 0. The van der Waals surface area contributed by atoms with Crippen molar-refractivity contribution in [2.24, 2.45) is 29.4 Å². The highest BCUT2D eigenvalue weighted by Gasteiger charge is 2.31. The van der Waals surface area contributed by atoms with Gasteiger partial charge < -0.3 is 10.6 Å². The molecule has 0 aromatic carbocycles. The second-order valence-corrected chi connectivity index (χ2v) is 7.51. The van der Waals surface area contributed by atoms with Gasteiger partial charge in [0.05, 0.1) is 0 Å². The molecule has 1 fully saturated rings. The lowest BCUT2D eigenvalue weighted by Crippen LogP contribution is -2.43. The predicted octanol–water partition coefficient (Wildman–Crippen LogP) is 3.28. The highest BCUT2D eigenvalue weighted by Crippen LogP contribution is 2.30. The number of rotatable bonds is 6. The smallest absolute Gasteiger partial charge is 0.225 e. The molecular weight excluding hydrogens is 248 g/mol. The van der Waals surface area contributed by atoms with Crippen molar-refractivity contribution in [1.82, 2.24) is 4.90 Å². The van der Waals surface area contributed by atoms with E-state index in [2.05, 4.69) is 39.5 Å². The molecule has 1 saturated carbocycles. The lowest BCUT2D eigenvalue weighted by Gasteiger charge is -2.35. The first-order valence-electron chi connectivity index (χ1n) is 8.35. The standard InChI is InChI=1S/C17H34N2O/c1-12(2)10-19(11-13(3)4)17(20)14(5)15-7-6-8-16(18)9-15/h12-16H,6-11,18H2,1-5H3. The van der Waals surface area contributed by atoms with Crippen molar-refractivity contribution in [3.63, 3.8) is 0 Å². The fraction of sp³-hybridized carbons (Fsp3) is 0.941. The maximum atomic E-state index is 12.8. The third-order valence-electron chi connectivity index (χ3n) is 4.33. The number of carbonyl (C=O) groups is 1. The largest absolute Gasteiger partial charge is 0.342 e. The molecule has 118 valence electrons. The Labute approximate surface area is 125 Å². The Bertz CT molecular complexity index is 291. The van der Waals surface area contributed by atoms with Crippen LogP contribution in [0.3, 0.4) is 0 Å². The molecule has 2 N–H and O–H groups in total. The van der Waals surface area contributed by atoms with E-state index >= 15 is 0 Å². The average Bonchev–Trinajstić information content (AvgIpc) is 2.35. The van der Waals surface area contributed by atoms with Gasteiger partial charge in [-0.15, -0.1) is 0 Å². The minimum absolute atomic E-state index is 0.124. The number of nitrogens with zero attached hydrogens (tertiary/aromatic N) is 1. The van der Waals surface area contributed by atoms with Crippen LogP contribution in [0.1, 0.15) is 60.3 Å². The van der Waals surface area contributed by atoms with Gasteiger partial charge in [-0.1, -0.05) is 41.0 Å². The fourth-order valence-corrected chi connectivity index (χ4v) is 3.35. The molecule has 1 amide bonds. The lowest BCUT2D eigenvalue weighted by molar-refractivity contribution is -0.138. The van der Waals surface area contributed by atoms with Gasteiger partial charge in [-0.2, -0.15) is 0 Å². The van der Waals surface area contributed by atoms with Gasteiger partial charge in [0.25, 0.3) is 0 Å². The van der Waals surface area contributed by atoms with Crippen LogP contribution in [0.15, 0.2) is 0 Å². The summed E-state index contributed by atoms with van der Waals surface area (Å²) >= 11 is 0. The van der Waals surface area contributed by atoms with E-state index in [1.54, 1.807) is 0 Å². The van der Waals surface area contributed by atoms with Crippen LogP contribution in [0.25, 0.3) is 0 Å². The Kier molecular flexibility index (Phi) is 7.01. The summed E-state index contributed by atoms with van der Waals surface area (Å²) in [5.74, 6) is 2.00. The van der Waals surface area contributed by atoms with Crippen molar-refractivity contribution >= 4 is 5.91 Å². The molecule has 0 radical (unpaired) electrons. The summed E-state index contributed by atoms with van der Waals surface area (Å²) < 4.78 is 0. The van der Waals surface area contributed by atoms with E-state index in [9.17, 15) is 4.79 Å². The van der Waals surface area contributed by atoms with Crippen LogP contribution in [0.4, 0.5) is 0 Å². The number of carbonyl (C=O) groups excluding carboxylic acids is 1. The van der Waals surface area contributed by atoms with Gasteiger partial charge in [0.15, 0.2) is 0 Å². The summed E-state index contributed by atoms with van der Waals surface area (Å²) in [4.78, 5) is 14.9. The van der Waals surface area contributed by atoms with Gasteiger partial charge in [0, 0.05) is 25.0 Å². The Morgan fingerprint density at radius 2 is 1.65 bits per heavy atom. The first-order chi connectivity index (χ1) is 9.31. The van der Waals surface area contributed by atoms with Crippen molar-refractivity contribution in [3.05, 3.63) is 0 Å². The van der Waals surface area contributed by atoms with Crippen LogP contribution in [-0.2, 0) is 4.79 Å². The van der Waals surface area contributed by atoms with E-state index in [4.69, 9.17) is 5.73 Å². The number of amides is 1. The van der Waals surface area contributed by atoms with Crippen LogP contribution in [0, 0.1) is 23.7 Å². The molecule has 3 heteroatoms. The van der Waals surface area contributed by atoms with E-state index in [1.807, 2.05) is 0 Å². The molecule has 3 atom stereocenters. The first-order valence-corrected chi connectivity index (χ1v) is 8.35. The summed E-state index contributed by atoms with van der Waals surface area (Å²) in [6.45, 7) is 12.6. The third-order valence-corrected chi connectivity index (χ3v) is 4.33. The van der Waals surface area contributed by atoms with Gasteiger partial charge in [-0.25, -0.2) is 0 Å². The predicted molar refractivity (Wildman–Crippen MR) is 85.4 cm³/mol. The van der Waals surface area contributed by atoms with E-state index < -0.39 is 0 Å². The topological polar surface area (TPSA) is 46.3 Å². The molecule has 1 rings (SSSR count). The van der Waals surface area contributed by atoms with Crippen LogP contribution < -0.4 is 5.73 Å².